The maximum Gasteiger partial charge on any atom is 0.208 e. The molecule has 4 aliphatic rings. The molecule has 3 nitrogen and oxygen atoms in total. The Bertz CT molecular complexity index is 519. The highest BCUT2D eigenvalue weighted by molar-refractivity contribution is 5.21. The topological polar surface area (TPSA) is 38.1 Å². The predicted octanol–water partition coefficient (Wildman–Crippen LogP) is 4.03. The SMILES string of the molecule is CC(C)NCc1ncc(C23CC4CC(CC(C)(C4)C2)C3)o1. The molecule has 0 aromatic carbocycles. The lowest BCUT2D eigenvalue weighted by atomic mass is 9.44. The smallest absolute Gasteiger partial charge is 0.208 e. The first kappa shape index (κ1) is 13.8. The molecule has 1 heterocycles. The maximum atomic E-state index is 6.19. The second-order valence-corrected chi connectivity index (χ2v) is 8.71. The van der Waals surface area contributed by atoms with Gasteiger partial charge in [-0.2, -0.15) is 0 Å². The molecule has 4 aliphatic carbocycles. The summed E-state index contributed by atoms with van der Waals surface area (Å²) in [4.78, 5) is 4.54. The van der Waals surface area contributed by atoms with E-state index in [9.17, 15) is 0 Å². The Kier molecular flexibility index (Phi) is 3.01. The molecular weight excluding hydrogens is 260 g/mol. The van der Waals surface area contributed by atoms with Crippen LogP contribution in [-0.4, -0.2) is 11.0 Å². The van der Waals surface area contributed by atoms with E-state index in [-0.39, 0.29) is 0 Å². The van der Waals surface area contributed by atoms with E-state index < -0.39 is 0 Å². The van der Waals surface area contributed by atoms with Crippen molar-refractivity contribution in [2.24, 2.45) is 17.3 Å². The average Bonchev–Trinajstić information content (AvgIpc) is 2.82. The summed E-state index contributed by atoms with van der Waals surface area (Å²) in [6, 6.07) is 0.471. The number of hydrogen-bond acceptors (Lipinski definition) is 3. The van der Waals surface area contributed by atoms with Crippen molar-refractivity contribution in [2.45, 2.75) is 77.3 Å². The lowest BCUT2D eigenvalue weighted by molar-refractivity contribution is -0.0692. The van der Waals surface area contributed by atoms with E-state index in [0.717, 1.165) is 24.3 Å². The molecule has 2 unspecified atom stereocenters. The minimum atomic E-state index is 0.307. The molecule has 4 saturated carbocycles. The number of oxazole rings is 1. The molecule has 21 heavy (non-hydrogen) atoms. The van der Waals surface area contributed by atoms with Crippen molar-refractivity contribution in [1.82, 2.24) is 10.3 Å². The van der Waals surface area contributed by atoms with E-state index in [1.165, 1.54) is 44.3 Å². The van der Waals surface area contributed by atoms with Crippen LogP contribution >= 0.6 is 0 Å². The highest BCUT2D eigenvalue weighted by atomic mass is 16.4. The van der Waals surface area contributed by atoms with Crippen LogP contribution in [0.3, 0.4) is 0 Å². The predicted molar refractivity (Wildman–Crippen MR) is 82.9 cm³/mol. The van der Waals surface area contributed by atoms with Crippen LogP contribution in [0.4, 0.5) is 0 Å². The summed E-state index contributed by atoms with van der Waals surface area (Å²) in [7, 11) is 0. The van der Waals surface area contributed by atoms with Crippen molar-refractivity contribution in [3.63, 3.8) is 0 Å². The first-order valence-corrected chi connectivity index (χ1v) is 8.65. The Balaban J connectivity index is 1.58. The van der Waals surface area contributed by atoms with Gasteiger partial charge in [-0.25, -0.2) is 4.98 Å². The third kappa shape index (κ3) is 2.34. The van der Waals surface area contributed by atoms with E-state index in [1.807, 2.05) is 6.20 Å². The van der Waals surface area contributed by atoms with Crippen LogP contribution in [0.1, 0.15) is 70.9 Å². The van der Waals surface area contributed by atoms with Gasteiger partial charge in [-0.3, -0.25) is 0 Å². The Morgan fingerprint density at radius 3 is 2.62 bits per heavy atom. The monoisotopic (exact) mass is 288 g/mol. The van der Waals surface area contributed by atoms with Gasteiger partial charge < -0.3 is 9.73 Å². The largest absolute Gasteiger partial charge is 0.444 e. The van der Waals surface area contributed by atoms with Crippen molar-refractivity contribution in [3.05, 3.63) is 17.8 Å². The van der Waals surface area contributed by atoms with E-state index >= 15 is 0 Å². The highest BCUT2D eigenvalue weighted by Gasteiger charge is 2.57. The summed E-state index contributed by atoms with van der Waals surface area (Å²) >= 11 is 0. The molecular formula is C18H28N2O. The van der Waals surface area contributed by atoms with E-state index in [4.69, 9.17) is 4.42 Å². The molecule has 1 aromatic rings. The van der Waals surface area contributed by atoms with Crippen LogP contribution in [-0.2, 0) is 12.0 Å². The number of hydrogen-bond donors (Lipinski definition) is 1. The Morgan fingerprint density at radius 2 is 2.00 bits per heavy atom. The Labute approximate surface area is 127 Å². The molecule has 0 saturated heterocycles. The zero-order valence-electron chi connectivity index (χ0n) is 13.6. The van der Waals surface area contributed by atoms with Gasteiger partial charge >= 0.3 is 0 Å². The third-order valence-electron chi connectivity index (χ3n) is 6.09. The number of nitrogens with zero attached hydrogens (tertiary/aromatic N) is 1. The summed E-state index contributed by atoms with van der Waals surface area (Å²) in [6.07, 6.45) is 10.4. The maximum absolute atomic E-state index is 6.19. The van der Waals surface area contributed by atoms with E-state index in [2.05, 4.69) is 31.1 Å². The fourth-order valence-electron chi connectivity index (χ4n) is 5.94. The van der Waals surface area contributed by atoms with Crippen LogP contribution in [0.2, 0.25) is 0 Å². The first-order valence-electron chi connectivity index (χ1n) is 8.65. The van der Waals surface area contributed by atoms with Gasteiger partial charge in [-0.15, -0.1) is 0 Å². The number of rotatable bonds is 4. The van der Waals surface area contributed by atoms with Gasteiger partial charge in [0.05, 0.1) is 12.7 Å². The summed E-state index contributed by atoms with van der Waals surface area (Å²) in [6.45, 7) is 7.57. The Morgan fingerprint density at radius 1 is 1.29 bits per heavy atom. The molecule has 5 rings (SSSR count). The van der Waals surface area contributed by atoms with Gasteiger partial charge in [-0.1, -0.05) is 20.8 Å². The van der Waals surface area contributed by atoms with E-state index in [0.29, 0.717) is 16.9 Å². The van der Waals surface area contributed by atoms with Gasteiger partial charge in [0.1, 0.15) is 5.76 Å². The zero-order valence-corrected chi connectivity index (χ0v) is 13.6. The van der Waals surface area contributed by atoms with Crippen molar-refractivity contribution in [2.75, 3.05) is 0 Å². The zero-order chi connectivity index (χ0) is 14.7. The molecule has 4 fully saturated rings. The number of aromatic nitrogens is 1. The van der Waals surface area contributed by atoms with Gasteiger partial charge in [0, 0.05) is 11.5 Å². The van der Waals surface area contributed by atoms with Crippen LogP contribution < -0.4 is 5.32 Å². The normalized spacial score (nSPS) is 41.1. The second kappa shape index (κ2) is 4.58. The van der Waals surface area contributed by atoms with Gasteiger partial charge in [0.25, 0.3) is 0 Å². The minimum absolute atomic E-state index is 0.307. The standard InChI is InChI=1S/C18H28N2O/c1-12(2)19-10-16-20-9-15(21-16)18-7-13-4-14(8-18)6-17(3,5-13)11-18/h9,12-14,19H,4-8,10-11H2,1-3H3. The van der Waals surface area contributed by atoms with Crippen molar-refractivity contribution < 1.29 is 4.42 Å². The van der Waals surface area contributed by atoms with E-state index in [1.54, 1.807) is 0 Å². The molecule has 116 valence electrons. The summed E-state index contributed by atoms with van der Waals surface area (Å²) in [5, 5.41) is 3.40. The van der Waals surface area contributed by atoms with Crippen LogP contribution in [0, 0.1) is 17.3 Å². The van der Waals surface area contributed by atoms with Crippen molar-refractivity contribution in [1.29, 1.82) is 0 Å². The highest BCUT2D eigenvalue weighted by Crippen LogP contribution is 2.65. The summed E-state index contributed by atoms with van der Waals surface area (Å²) in [5.41, 5.74) is 0.870. The quantitative estimate of drug-likeness (QED) is 0.909. The van der Waals surface area contributed by atoms with Crippen LogP contribution in [0.15, 0.2) is 10.6 Å². The van der Waals surface area contributed by atoms with Crippen molar-refractivity contribution in [3.8, 4) is 0 Å². The first-order chi connectivity index (χ1) is 9.96. The average molecular weight is 288 g/mol. The third-order valence-corrected chi connectivity index (χ3v) is 6.09. The fourth-order valence-corrected chi connectivity index (χ4v) is 5.94. The lowest BCUT2D eigenvalue weighted by Gasteiger charge is -2.60. The summed E-state index contributed by atoms with van der Waals surface area (Å²) in [5.74, 6) is 3.90. The van der Waals surface area contributed by atoms with Gasteiger partial charge in [0.15, 0.2) is 0 Å². The molecule has 0 aliphatic heterocycles. The van der Waals surface area contributed by atoms with Crippen LogP contribution in [0.5, 0.6) is 0 Å². The number of nitrogens with one attached hydrogen (secondary N) is 1. The van der Waals surface area contributed by atoms with Crippen LogP contribution in [0.25, 0.3) is 0 Å². The minimum Gasteiger partial charge on any atom is -0.444 e. The second-order valence-electron chi connectivity index (χ2n) is 8.71. The molecule has 1 N–H and O–H groups in total. The van der Waals surface area contributed by atoms with Crippen molar-refractivity contribution >= 4 is 0 Å². The Hall–Kier alpha value is -0.830. The lowest BCUT2D eigenvalue weighted by Crippen LogP contribution is -2.52. The molecule has 3 heteroatoms. The molecule has 0 radical (unpaired) electrons. The molecule has 4 bridgehead atoms. The molecule has 1 aromatic heterocycles. The van der Waals surface area contributed by atoms with Gasteiger partial charge in [-0.05, 0) is 55.8 Å². The fraction of sp³-hybridized carbons (Fsp3) is 0.833. The summed E-state index contributed by atoms with van der Waals surface area (Å²) < 4.78 is 6.19. The molecule has 0 amide bonds. The molecule has 2 atom stereocenters. The molecule has 0 spiro atoms. The van der Waals surface area contributed by atoms with Gasteiger partial charge in [0.2, 0.25) is 5.89 Å².